The monoisotopic (exact) mass is 500 g/mol. The van der Waals surface area contributed by atoms with Gasteiger partial charge in [0, 0.05) is 0 Å². The van der Waals surface area contributed by atoms with Gasteiger partial charge in [-0.3, -0.25) is 9.10 Å². The summed E-state index contributed by atoms with van der Waals surface area (Å²) in [4.78, 5) is 13.4. The lowest BCUT2D eigenvalue weighted by molar-refractivity contribution is -0.120. The Kier molecular flexibility index (Phi) is 8.02. The highest BCUT2D eigenvalue weighted by Crippen LogP contribution is 2.26. The zero-order chi connectivity index (χ0) is 25.4. The standard InChI is InChI=1S/C29H28N2O4S/c1-2-35-26-18-20-27(21-19-26)36(33,34)31(25-16-10-5-11-17-25)22-28(32)30-29(23-12-6-3-7-13-23)24-14-8-4-9-15-24/h3-21,29H,2,22H2,1H3,(H,30,32). The summed E-state index contributed by atoms with van der Waals surface area (Å²) in [6, 6.07) is 33.6. The Hall–Kier alpha value is -4.10. The third kappa shape index (κ3) is 5.93. The van der Waals surface area contributed by atoms with E-state index in [2.05, 4.69) is 5.32 Å². The maximum Gasteiger partial charge on any atom is 0.264 e. The van der Waals surface area contributed by atoms with Crippen LogP contribution >= 0.6 is 0 Å². The molecule has 0 saturated carbocycles. The molecule has 0 heterocycles. The summed E-state index contributed by atoms with van der Waals surface area (Å²) in [5, 5.41) is 3.03. The highest BCUT2D eigenvalue weighted by Gasteiger charge is 2.28. The number of hydrogen-bond donors (Lipinski definition) is 1. The topological polar surface area (TPSA) is 75.7 Å². The number of benzene rings is 4. The quantitative estimate of drug-likeness (QED) is 0.325. The third-order valence-electron chi connectivity index (χ3n) is 5.63. The molecule has 0 spiro atoms. The van der Waals surface area contributed by atoms with Crippen molar-refractivity contribution in [1.82, 2.24) is 5.32 Å². The van der Waals surface area contributed by atoms with Gasteiger partial charge >= 0.3 is 0 Å². The summed E-state index contributed by atoms with van der Waals surface area (Å²) in [6.07, 6.45) is 0. The van der Waals surface area contributed by atoms with Crippen LogP contribution < -0.4 is 14.4 Å². The molecule has 0 aliphatic carbocycles. The second-order valence-electron chi connectivity index (χ2n) is 8.07. The number of rotatable bonds is 10. The van der Waals surface area contributed by atoms with Crippen molar-refractivity contribution in [2.45, 2.75) is 17.9 Å². The van der Waals surface area contributed by atoms with Gasteiger partial charge in [-0.1, -0.05) is 78.9 Å². The van der Waals surface area contributed by atoms with Crippen LogP contribution in [-0.2, 0) is 14.8 Å². The first kappa shape index (κ1) is 25.0. The van der Waals surface area contributed by atoms with Crippen LogP contribution in [0.15, 0.2) is 120 Å². The van der Waals surface area contributed by atoms with Gasteiger partial charge < -0.3 is 10.1 Å². The number of carbonyl (C=O) groups excluding carboxylic acids is 1. The van der Waals surface area contributed by atoms with Gasteiger partial charge in [-0.2, -0.15) is 0 Å². The molecule has 0 aliphatic rings. The molecule has 4 aromatic carbocycles. The molecule has 0 unspecified atom stereocenters. The van der Waals surface area contributed by atoms with Crippen LogP contribution in [0.1, 0.15) is 24.1 Å². The van der Waals surface area contributed by atoms with Gasteiger partial charge in [0.2, 0.25) is 5.91 Å². The molecule has 7 heteroatoms. The van der Waals surface area contributed by atoms with E-state index >= 15 is 0 Å². The Labute approximate surface area is 212 Å². The molecule has 184 valence electrons. The predicted molar refractivity (Wildman–Crippen MR) is 141 cm³/mol. The SMILES string of the molecule is CCOc1ccc(S(=O)(=O)N(CC(=O)NC(c2ccccc2)c2ccccc2)c2ccccc2)cc1. The highest BCUT2D eigenvalue weighted by atomic mass is 32.2. The van der Waals surface area contributed by atoms with E-state index in [0.29, 0.717) is 18.0 Å². The van der Waals surface area contributed by atoms with Crippen molar-refractivity contribution >= 4 is 21.6 Å². The minimum atomic E-state index is -4.03. The van der Waals surface area contributed by atoms with Crippen molar-refractivity contribution < 1.29 is 17.9 Å². The second kappa shape index (κ2) is 11.6. The maximum atomic E-state index is 13.7. The molecule has 0 bridgehead atoms. The molecule has 0 radical (unpaired) electrons. The molecule has 4 aromatic rings. The van der Waals surface area contributed by atoms with Crippen LogP contribution in [0, 0.1) is 0 Å². The predicted octanol–water partition coefficient (Wildman–Crippen LogP) is 5.19. The van der Waals surface area contributed by atoms with Crippen molar-refractivity contribution in [1.29, 1.82) is 0 Å². The number of ether oxygens (including phenoxy) is 1. The molecular weight excluding hydrogens is 472 g/mol. The fourth-order valence-electron chi connectivity index (χ4n) is 3.90. The van der Waals surface area contributed by atoms with Crippen molar-refractivity contribution in [3.8, 4) is 5.75 Å². The summed E-state index contributed by atoms with van der Waals surface area (Å²) in [5.41, 5.74) is 2.20. The molecule has 0 aliphatic heterocycles. The summed E-state index contributed by atoms with van der Waals surface area (Å²) >= 11 is 0. The van der Waals surface area contributed by atoms with Crippen LogP contribution in [0.2, 0.25) is 0 Å². The van der Waals surface area contributed by atoms with E-state index in [-0.39, 0.29) is 11.4 Å². The Morgan fingerprint density at radius 1 is 0.778 bits per heavy atom. The van der Waals surface area contributed by atoms with Crippen molar-refractivity contribution in [2.24, 2.45) is 0 Å². The van der Waals surface area contributed by atoms with Crippen LogP contribution in [0.5, 0.6) is 5.75 Å². The Morgan fingerprint density at radius 3 is 1.78 bits per heavy atom. The van der Waals surface area contributed by atoms with Gasteiger partial charge in [0.25, 0.3) is 10.0 Å². The van der Waals surface area contributed by atoms with Gasteiger partial charge in [0.15, 0.2) is 0 Å². The number of carbonyl (C=O) groups is 1. The van der Waals surface area contributed by atoms with Gasteiger partial charge in [-0.05, 0) is 54.4 Å². The Morgan fingerprint density at radius 2 is 1.28 bits per heavy atom. The lowest BCUT2D eigenvalue weighted by Gasteiger charge is -2.26. The maximum absolute atomic E-state index is 13.7. The minimum absolute atomic E-state index is 0.0743. The van der Waals surface area contributed by atoms with E-state index in [1.807, 2.05) is 67.6 Å². The average Bonchev–Trinajstić information content (AvgIpc) is 2.92. The first-order valence-corrected chi connectivity index (χ1v) is 13.1. The zero-order valence-corrected chi connectivity index (χ0v) is 20.8. The zero-order valence-electron chi connectivity index (χ0n) is 19.9. The largest absolute Gasteiger partial charge is 0.494 e. The fourth-order valence-corrected chi connectivity index (χ4v) is 5.32. The van der Waals surface area contributed by atoms with Gasteiger partial charge in [0.1, 0.15) is 12.3 Å². The van der Waals surface area contributed by atoms with Gasteiger partial charge in [0.05, 0.1) is 23.2 Å². The smallest absolute Gasteiger partial charge is 0.264 e. The van der Waals surface area contributed by atoms with Crippen molar-refractivity contribution in [3.63, 3.8) is 0 Å². The van der Waals surface area contributed by atoms with Crippen molar-refractivity contribution in [2.75, 3.05) is 17.5 Å². The van der Waals surface area contributed by atoms with E-state index in [9.17, 15) is 13.2 Å². The van der Waals surface area contributed by atoms with E-state index in [0.717, 1.165) is 15.4 Å². The minimum Gasteiger partial charge on any atom is -0.494 e. The third-order valence-corrected chi connectivity index (χ3v) is 7.41. The summed E-state index contributed by atoms with van der Waals surface area (Å²) in [5.74, 6) is 0.153. The van der Waals surface area contributed by atoms with E-state index in [1.54, 1.807) is 42.5 Å². The molecule has 6 nitrogen and oxygen atoms in total. The van der Waals surface area contributed by atoms with Crippen LogP contribution in [0.3, 0.4) is 0 Å². The summed E-state index contributed by atoms with van der Waals surface area (Å²) in [6.45, 7) is 1.96. The van der Waals surface area contributed by atoms with Crippen LogP contribution in [0.4, 0.5) is 5.69 Å². The number of hydrogen-bond acceptors (Lipinski definition) is 4. The van der Waals surface area contributed by atoms with E-state index in [1.165, 1.54) is 12.1 Å². The molecule has 0 atom stereocenters. The number of nitrogens with one attached hydrogen (secondary N) is 1. The summed E-state index contributed by atoms with van der Waals surface area (Å²) in [7, 11) is -4.03. The molecule has 36 heavy (non-hydrogen) atoms. The van der Waals surface area contributed by atoms with E-state index < -0.39 is 22.0 Å². The van der Waals surface area contributed by atoms with Crippen LogP contribution in [-0.4, -0.2) is 27.5 Å². The molecule has 4 rings (SSSR count). The fraction of sp³-hybridized carbons (Fsp3) is 0.138. The molecule has 0 aromatic heterocycles. The number of para-hydroxylation sites is 1. The Bertz CT molecular complexity index is 1320. The van der Waals surface area contributed by atoms with Gasteiger partial charge in [-0.15, -0.1) is 0 Å². The van der Waals surface area contributed by atoms with Crippen molar-refractivity contribution in [3.05, 3.63) is 126 Å². The lowest BCUT2D eigenvalue weighted by Crippen LogP contribution is -2.42. The van der Waals surface area contributed by atoms with E-state index in [4.69, 9.17) is 4.74 Å². The number of nitrogens with zero attached hydrogens (tertiary/aromatic N) is 1. The highest BCUT2D eigenvalue weighted by molar-refractivity contribution is 7.92. The summed E-state index contributed by atoms with van der Waals surface area (Å²) < 4.78 is 33.9. The molecular formula is C29H28N2O4S. The molecule has 0 saturated heterocycles. The molecule has 0 fully saturated rings. The Balaban J connectivity index is 1.64. The number of sulfonamides is 1. The first-order valence-electron chi connectivity index (χ1n) is 11.7. The average molecular weight is 501 g/mol. The van der Waals surface area contributed by atoms with Gasteiger partial charge in [-0.25, -0.2) is 8.42 Å². The molecule has 1 N–H and O–H groups in total. The first-order chi connectivity index (χ1) is 17.5. The number of anilines is 1. The second-order valence-corrected chi connectivity index (χ2v) is 9.94. The normalized spacial score (nSPS) is 11.2. The lowest BCUT2D eigenvalue weighted by atomic mass is 9.99. The molecule has 1 amide bonds. The number of amides is 1. The van der Waals surface area contributed by atoms with Crippen LogP contribution in [0.25, 0.3) is 0 Å².